The molecule has 1 aromatic heterocycles. The van der Waals surface area contributed by atoms with Gasteiger partial charge in [0.2, 0.25) is 0 Å². The Hall–Kier alpha value is -1.14. The minimum atomic E-state index is -0.168. The van der Waals surface area contributed by atoms with E-state index in [2.05, 4.69) is 26.2 Å². The zero-order valence-corrected chi connectivity index (χ0v) is 11.8. The maximum absolute atomic E-state index is 12.1. The average molecular weight is 314 g/mol. The van der Waals surface area contributed by atoms with Gasteiger partial charge in [0.05, 0.1) is 24.0 Å². The predicted molar refractivity (Wildman–Crippen MR) is 72.5 cm³/mol. The van der Waals surface area contributed by atoms with Crippen LogP contribution < -0.4 is 5.32 Å². The smallest absolute Gasteiger partial charge is 0.322 e. The number of aliphatic hydroxyl groups excluding tert-OH is 1. The molecule has 1 aromatic rings. The van der Waals surface area contributed by atoms with Crippen LogP contribution in [0.15, 0.2) is 16.7 Å². The first-order chi connectivity index (χ1) is 8.61. The van der Waals surface area contributed by atoms with Gasteiger partial charge in [-0.25, -0.2) is 9.78 Å². The molecule has 1 aliphatic heterocycles. The molecule has 0 saturated carbocycles. The molecule has 2 rings (SSSR count). The van der Waals surface area contributed by atoms with Crippen molar-refractivity contribution in [3.63, 3.8) is 0 Å². The number of nitrogens with zero attached hydrogens (tertiary/aromatic N) is 2. The number of aromatic nitrogens is 1. The summed E-state index contributed by atoms with van der Waals surface area (Å²) < 4.78 is 0.743. The lowest BCUT2D eigenvalue weighted by atomic mass is 10.2. The second-order valence-electron chi connectivity index (χ2n) is 4.37. The molecule has 98 valence electrons. The fraction of sp³-hybridized carbons (Fsp3) is 0.500. The van der Waals surface area contributed by atoms with Crippen molar-refractivity contribution in [2.75, 3.05) is 18.5 Å². The lowest BCUT2D eigenvalue weighted by Crippen LogP contribution is -2.40. The van der Waals surface area contributed by atoms with Gasteiger partial charge in [0.15, 0.2) is 0 Å². The minimum Gasteiger partial charge on any atom is -0.394 e. The molecular weight excluding hydrogens is 298 g/mol. The topological polar surface area (TPSA) is 65.5 Å². The summed E-state index contributed by atoms with van der Waals surface area (Å²) >= 11 is 3.28. The van der Waals surface area contributed by atoms with Crippen LogP contribution in [0.2, 0.25) is 0 Å². The SMILES string of the molecule is Cc1nc(Br)ccc1NC(=O)N1CCC[C@H]1CO. The van der Waals surface area contributed by atoms with Crippen LogP contribution in [0, 0.1) is 6.92 Å². The number of nitrogens with one attached hydrogen (secondary N) is 1. The maximum atomic E-state index is 12.1. The fourth-order valence-corrected chi connectivity index (χ4v) is 2.54. The number of urea groups is 1. The minimum absolute atomic E-state index is 0.0188. The van der Waals surface area contributed by atoms with E-state index in [0.29, 0.717) is 12.2 Å². The third-order valence-electron chi connectivity index (χ3n) is 3.14. The number of carbonyl (C=O) groups excluding carboxylic acids is 1. The Morgan fingerprint density at radius 3 is 3.11 bits per heavy atom. The fourth-order valence-electron chi connectivity index (χ4n) is 2.14. The lowest BCUT2D eigenvalue weighted by Gasteiger charge is -2.23. The van der Waals surface area contributed by atoms with Crippen molar-refractivity contribution in [2.45, 2.75) is 25.8 Å². The highest BCUT2D eigenvalue weighted by molar-refractivity contribution is 9.10. The number of carbonyl (C=O) groups is 1. The Morgan fingerprint density at radius 2 is 2.44 bits per heavy atom. The lowest BCUT2D eigenvalue weighted by molar-refractivity contribution is 0.166. The second-order valence-corrected chi connectivity index (χ2v) is 5.18. The summed E-state index contributed by atoms with van der Waals surface area (Å²) in [7, 11) is 0. The van der Waals surface area contributed by atoms with E-state index in [9.17, 15) is 9.90 Å². The zero-order chi connectivity index (χ0) is 13.1. The summed E-state index contributed by atoms with van der Waals surface area (Å²) in [4.78, 5) is 18.0. The molecule has 6 heteroatoms. The van der Waals surface area contributed by atoms with Gasteiger partial charge in [-0.2, -0.15) is 0 Å². The van der Waals surface area contributed by atoms with Crippen molar-refractivity contribution in [1.82, 2.24) is 9.88 Å². The number of rotatable bonds is 2. The molecule has 0 spiro atoms. The molecule has 2 N–H and O–H groups in total. The highest BCUT2D eigenvalue weighted by atomic mass is 79.9. The van der Waals surface area contributed by atoms with Crippen molar-refractivity contribution in [3.8, 4) is 0 Å². The Balaban J connectivity index is 2.07. The summed E-state index contributed by atoms with van der Waals surface area (Å²) in [5.74, 6) is 0. The number of hydrogen-bond donors (Lipinski definition) is 2. The van der Waals surface area contributed by atoms with E-state index in [4.69, 9.17) is 0 Å². The number of hydrogen-bond acceptors (Lipinski definition) is 3. The van der Waals surface area contributed by atoms with Crippen LogP contribution >= 0.6 is 15.9 Å². The first-order valence-electron chi connectivity index (χ1n) is 5.93. The van der Waals surface area contributed by atoms with Crippen molar-refractivity contribution >= 4 is 27.6 Å². The van der Waals surface area contributed by atoms with Crippen molar-refractivity contribution in [1.29, 1.82) is 0 Å². The normalized spacial score (nSPS) is 19.1. The molecule has 18 heavy (non-hydrogen) atoms. The van der Waals surface area contributed by atoms with Crippen LogP contribution in [-0.4, -0.2) is 40.2 Å². The molecule has 1 atom stereocenters. The monoisotopic (exact) mass is 313 g/mol. The van der Waals surface area contributed by atoms with Gasteiger partial charge in [0.25, 0.3) is 0 Å². The van der Waals surface area contributed by atoms with E-state index in [1.165, 1.54) is 0 Å². The summed E-state index contributed by atoms with van der Waals surface area (Å²) in [6.45, 7) is 2.55. The maximum Gasteiger partial charge on any atom is 0.322 e. The van der Waals surface area contributed by atoms with Crippen LogP contribution in [-0.2, 0) is 0 Å². The molecule has 1 saturated heterocycles. The van der Waals surface area contributed by atoms with E-state index in [-0.39, 0.29) is 18.7 Å². The molecule has 0 radical (unpaired) electrons. The first kappa shape index (κ1) is 13.3. The van der Waals surface area contributed by atoms with E-state index in [0.717, 1.165) is 23.1 Å². The van der Waals surface area contributed by atoms with Gasteiger partial charge in [-0.05, 0) is 47.8 Å². The van der Waals surface area contributed by atoms with Crippen molar-refractivity contribution < 1.29 is 9.90 Å². The third kappa shape index (κ3) is 2.81. The largest absolute Gasteiger partial charge is 0.394 e. The molecule has 0 unspecified atom stereocenters. The number of likely N-dealkylation sites (tertiary alicyclic amines) is 1. The molecule has 5 nitrogen and oxygen atoms in total. The Kier molecular flexibility index (Phi) is 4.19. The van der Waals surface area contributed by atoms with Gasteiger partial charge in [-0.1, -0.05) is 0 Å². The van der Waals surface area contributed by atoms with Crippen molar-refractivity contribution in [3.05, 3.63) is 22.4 Å². The Morgan fingerprint density at radius 1 is 1.67 bits per heavy atom. The highest BCUT2D eigenvalue weighted by Crippen LogP contribution is 2.20. The molecular formula is C12H16BrN3O2. The first-order valence-corrected chi connectivity index (χ1v) is 6.72. The van der Waals surface area contributed by atoms with Crippen LogP contribution in [0.5, 0.6) is 0 Å². The van der Waals surface area contributed by atoms with Gasteiger partial charge in [-0.15, -0.1) is 0 Å². The molecule has 1 fully saturated rings. The van der Waals surface area contributed by atoms with Crippen LogP contribution in [0.4, 0.5) is 10.5 Å². The summed E-state index contributed by atoms with van der Waals surface area (Å²) in [6.07, 6.45) is 1.80. The summed E-state index contributed by atoms with van der Waals surface area (Å²) in [6, 6.07) is 3.37. The van der Waals surface area contributed by atoms with Gasteiger partial charge < -0.3 is 15.3 Å². The quantitative estimate of drug-likeness (QED) is 0.822. The molecule has 2 heterocycles. The molecule has 2 amide bonds. The highest BCUT2D eigenvalue weighted by Gasteiger charge is 2.28. The number of aryl methyl sites for hydroxylation is 1. The Bertz CT molecular complexity index is 453. The van der Waals surface area contributed by atoms with Gasteiger partial charge >= 0.3 is 6.03 Å². The molecule has 0 aromatic carbocycles. The number of aliphatic hydroxyl groups is 1. The van der Waals surface area contributed by atoms with Gasteiger partial charge in [0.1, 0.15) is 4.60 Å². The number of pyridine rings is 1. The van der Waals surface area contributed by atoms with Gasteiger partial charge in [-0.3, -0.25) is 0 Å². The van der Waals surface area contributed by atoms with E-state index in [1.54, 1.807) is 11.0 Å². The molecule has 1 aliphatic rings. The van der Waals surface area contributed by atoms with Gasteiger partial charge in [0, 0.05) is 6.54 Å². The zero-order valence-electron chi connectivity index (χ0n) is 10.2. The van der Waals surface area contributed by atoms with E-state index < -0.39 is 0 Å². The predicted octanol–water partition coefficient (Wildman–Crippen LogP) is 2.14. The van der Waals surface area contributed by atoms with Crippen LogP contribution in [0.1, 0.15) is 18.5 Å². The summed E-state index contributed by atoms with van der Waals surface area (Å²) in [5.41, 5.74) is 1.46. The average Bonchev–Trinajstić information content (AvgIpc) is 2.81. The Labute approximate surface area is 114 Å². The van der Waals surface area contributed by atoms with Crippen LogP contribution in [0.3, 0.4) is 0 Å². The van der Waals surface area contributed by atoms with E-state index in [1.807, 2.05) is 13.0 Å². The van der Waals surface area contributed by atoms with E-state index >= 15 is 0 Å². The standard InChI is InChI=1S/C12H16BrN3O2/c1-8-10(4-5-11(13)14-8)15-12(18)16-6-2-3-9(16)7-17/h4-5,9,17H,2-3,6-7H2,1H3,(H,15,18)/t9-/m0/s1. The van der Waals surface area contributed by atoms with Crippen LogP contribution in [0.25, 0.3) is 0 Å². The van der Waals surface area contributed by atoms with Crippen molar-refractivity contribution in [2.24, 2.45) is 0 Å². The molecule has 0 aliphatic carbocycles. The number of amides is 2. The molecule has 0 bridgehead atoms. The third-order valence-corrected chi connectivity index (χ3v) is 3.58. The number of halogens is 1. The number of anilines is 1. The summed E-state index contributed by atoms with van der Waals surface area (Å²) in [5, 5.41) is 12.0. The second kappa shape index (κ2) is 5.67.